The number of carboxylic acids is 1. The Balaban J connectivity index is 1.22. The minimum absolute atomic E-state index is 0.0597. The first-order valence-corrected chi connectivity index (χ1v) is 12.6. The molecule has 0 aromatic heterocycles. The van der Waals surface area contributed by atoms with Gasteiger partial charge in [0.1, 0.15) is 11.9 Å². The van der Waals surface area contributed by atoms with Crippen molar-refractivity contribution >= 4 is 35.1 Å². The van der Waals surface area contributed by atoms with Gasteiger partial charge in [0, 0.05) is 44.4 Å². The Morgan fingerprint density at radius 2 is 1.65 bits per heavy atom. The van der Waals surface area contributed by atoms with Gasteiger partial charge in [-0.3, -0.25) is 9.59 Å². The van der Waals surface area contributed by atoms with Gasteiger partial charge in [0.05, 0.1) is 16.5 Å². The molecule has 1 N–H and O–H groups in total. The third kappa shape index (κ3) is 6.44. The number of benzene rings is 2. The van der Waals surface area contributed by atoms with Gasteiger partial charge in [-0.05, 0) is 55.4 Å². The zero-order valence-electron chi connectivity index (χ0n) is 19.1. The fourth-order valence-electron chi connectivity index (χ4n) is 4.85. The fraction of sp³-hybridized carbons (Fsp3) is 0.462. The first-order valence-electron chi connectivity index (χ1n) is 11.8. The molecule has 2 aliphatic rings. The summed E-state index contributed by atoms with van der Waals surface area (Å²) in [5.74, 6) is 0.335. The average molecular weight is 505 g/mol. The largest absolute Gasteiger partial charge is 0.490 e. The van der Waals surface area contributed by atoms with E-state index in [2.05, 4.69) is 4.90 Å². The van der Waals surface area contributed by atoms with Crippen LogP contribution in [0, 0.1) is 5.92 Å². The molecule has 0 radical (unpaired) electrons. The van der Waals surface area contributed by atoms with Crippen LogP contribution in [-0.4, -0.2) is 65.6 Å². The van der Waals surface area contributed by atoms with Crippen LogP contribution >= 0.6 is 23.2 Å². The Kier molecular flexibility index (Phi) is 8.35. The number of aliphatic carboxylic acids is 1. The molecule has 2 saturated heterocycles. The highest BCUT2D eigenvalue weighted by Crippen LogP contribution is 2.29. The van der Waals surface area contributed by atoms with Crippen molar-refractivity contribution in [2.24, 2.45) is 5.92 Å². The molecule has 0 atom stereocenters. The van der Waals surface area contributed by atoms with Crippen molar-refractivity contribution in [3.05, 3.63) is 63.6 Å². The van der Waals surface area contributed by atoms with Crippen molar-refractivity contribution in [1.29, 1.82) is 0 Å². The van der Waals surface area contributed by atoms with E-state index < -0.39 is 5.97 Å². The Labute approximate surface area is 210 Å². The highest BCUT2D eigenvalue weighted by molar-refractivity contribution is 6.42. The second-order valence-corrected chi connectivity index (χ2v) is 9.97. The molecule has 0 bridgehead atoms. The summed E-state index contributed by atoms with van der Waals surface area (Å²) in [6.07, 6.45) is 3.91. The molecule has 8 heteroatoms. The monoisotopic (exact) mass is 504 g/mol. The molecule has 34 heavy (non-hydrogen) atoms. The smallest absolute Gasteiger partial charge is 0.307 e. The predicted molar refractivity (Wildman–Crippen MR) is 133 cm³/mol. The van der Waals surface area contributed by atoms with Gasteiger partial charge in [-0.2, -0.15) is 0 Å². The van der Waals surface area contributed by atoms with Crippen molar-refractivity contribution in [2.75, 3.05) is 32.7 Å². The van der Waals surface area contributed by atoms with E-state index in [1.54, 1.807) is 36.4 Å². The molecule has 0 saturated carbocycles. The van der Waals surface area contributed by atoms with Crippen molar-refractivity contribution in [3.63, 3.8) is 0 Å². The molecule has 4 rings (SSSR count). The zero-order valence-corrected chi connectivity index (χ0v) is 20.6. The zero-order chi connectivity index (χ0) is 24.1. The lowest BCUT2D eigenvalue weighted by Crippen LogP contribution is -2.44. The molecule has 2 aliphatic heterocycles. The lowest BCUT2D eigenvalue weighted by molar-refractivity contribution is -0.136. The lowest BCUT2D eigenvalue weighted by Gasteiger charge is -2.37. The van der Waals surface area contributed by atoms with Gasteiger partial charge in [0.2, 0.25) is 0 Å². The molecule has 1 amide bonds. The van der Waals surface area contributed by atoms with Gasteiger partial charge in [-0.1, -0.05) is 41.4 Å². The molecule has 2 fully saturated rings. The van der Waals surface area contributed by atoms with E-state index in [4.69, 9.17) is 33.0 Å². The average Bonchev–Trinajstić information content (AvgIpc) is 2.83. The molecule has 0 aliphatic carbocycles. The SMILES string of the molecule is O=C(O)Cc1ccccc1C(=O)N1CCC(CN2CCC(Oc3ccc(Cl)c(Cl)c3)CC2)CC1. The Morgan fingerprint density at radius 1 is 0.941 bits per heavy atom. The lowest BCUT2D eigenvalue weighted by atomic mass is 9.94. The van der Waals surface area contributed by atoms with E-state index in [0.29, 0.717) is 40.2 Å². The van der Waals surface area contributed by atoms with Gasteiger partial charge in [0.15, 0.2) is 0 Å². The first-order chi connectivity index (χ1) is 16.4. The summed E-state index contributed by atoms with van der Waals surface area (Å²) in [4.78, 5) is 28.5. The van der Waals surface area contributed by atoms with Crippen LogP contribution in [-0.2, 0) is 11.2 Å². The number of amides is 1. The predicted octanol–water partition coefficient (Wildman–Crippen LogP) is 5.02. The highest BCUT2D eigenvalue weighted by Gasteiger charge is 2.28. The number of carboxylic acid groups (broad SMARTS) is 1. The summed E-state index contributed by atoms with van der Waals surface area (Å²) in [6, 6.07) is 12.4. The topological polar surface area (TPSA) is 70.1 Å². The van der Waals surface area contributed by atoms with Crippen LogP contribution < -0.4 is 4.74 Å². The van der Waals surface area contributed by atoms with Crippen molar-refractivity contribution < 1.29 is 19.4 Å². The van der Waals surface area contributed by atoms with Crippen LogP contribution in [0.1, 0.15) is 41.6 Å². The Hall–Kier alpha value is -2.28. The van der Waals surface area contributed by atoms with E-state index in [1.807, 2.05) is 11.0 Å². The maximum Gasteiger partial charge on any atom is 0.307 e. The first kappa shape index (κ1) is 24.8. The number of carbonyl (C=O) groups is 2. The number of ether oxygens (including phenoxy) is 1. The minimum atomic E-state index is -0.926. The fourth-order valence-corrected chi connectivity index (χ4v) is 5.14. The summed E-state index contributed by atoms with van der Waals surface area (Å²) < 4.78 is 6.09. The number of hydrogen-bond acceptors (Lipinski definition) is 4. The molecule has 2 aromatic rings. The second kappa shape index (κ2) is 11.4. The van der Waals surface area contributed by atoms with Crippen LogP contribution in [0.3, 0.4) is 0 Å². The summed E-state index contributed by atoms with van der Waals surface area (Å²) in [5, 5.41) is 10.2. The highest BCUT2D eigenvalue weighted by atomic mass is 35.5. The molecule has 2 heterocycles. The molecule has 182 valence electrons. The van der Waals surface area contributed by atoms with E-state index in [1.165, 1.54) is 0 Å². The standard InChI is InChI=1S/C26H30Cl2N2O4/c27-23-6-5-21(16-24(23)28)34-20-9-11-29(12-10-20)17-18-7-13-30(14-8-18)26(33)22-4-2-1-3-19(22)15-25(31)32/h1-6,16,18,20H,7-15,17H2,(H,31,32). The van der Waals surface area contributed by atoms with Crippen molar-refractivity contribution in [2.45, 2.75) is 38.2 Å². The van der Waals surface area contributed by atoms with E-state index in [0.717, 1.165) is 51.1 Å². The summed E-state index contributed by atoms with van der Waals surface area (Å²) in [7, 11) is 0. The second-order valence-electron chi connectivity index (χ2n) is 9.16. The van der Waals surface area contributed by atoms with E-state index >= 15 is 0 Å². The molecular weight excluding hydrogens is 475 g/mol. The number of piperidine rings is 2. The molecular formula is C26H30Cl2N2O4. The molecule has 6 nitrogen and oxygen atoms in total. The Bertz CT molecular complexity index is 1020. The van der Waals surface area contributed by atoms with E-state index in [-0.39, 0.29) is 18.4 Å². The third-order valence-corrected chi connectivity index (χ3v) is 7.48. The van der Waals surface area contributed by atoms with Crippen LogP contribution in [0.5, 0.6) is 5.75 Å². The van der Waals surface area contributed by atoms with Gasteiger partial charge in [0.25, 0.3) is 5.91 Å². The van der Waals surface area contributed by atoms with Crippen LogP contribution in [0.2, 0.25) is 10.0 Å². The quantitative estimate of drug-likeness (QED) is 0.573. The Morgan fingerprint density at radius 3 is 2.32 bits per heavy atom. The number of halogens is 2. The minimum Gasteiger partial charge on any atom is -0.490 e. The van der Waals surface area contributed by atoms with Gasteiger partial charge < -0.3 is 19.6 Å². The summed E-state index contributed by atoms with van der Waals surface area (Å²) >= 11 is 12.1. The number of nitrogens with zero attached hydrogens (tertiary/aromatic N) is 2. The van der Waals surface area contributed by atoms with E-state index in [9.17, 15) is 9.59 Å². The normalized spacial score (nSPS) is 18.1. The number of likely N-dealkylation sites (tertiary alicyclic amines) is 2. The van der Waals surface area contributed by atoms with Crippen molar-refractivity contribution in [3.8, 4) is 5.75 Å². The number of rotatable bonds is 7. The molecule has 2 aromatic carbocycles. The summed E-state index contributed by atoms with van der Waals surface area (Å²) in [5.41, 5.74) is 1.08. The number of carbonyl (C=O) groups excluding carboxylic acids is 1. The third-order valence-electron chi connectivity index (χ3n) is 6.74. The van der Waals surface area contributed by atoms with Crippen LogP contribution in [0.15, 0.2) is 42.5 Å². The molecule has 0 spiro atoms. The maximum atomic E-state index is 13.0. The summed E-state index contributed by atoms with van der Waals surface area (Å²) in [6.45, 7) is 4.45. The molecule has 0 unspecified atom stereocenters. The van der Waals surface area contributed by atoms with Crippen LogP contribution in [0.4, 0.5) is 0 Å². The van der Waals surface area contributed by atoms with Gasteiger partial charge in [-0.15, -0.1) is 0 Å². The van der Waals surface area contributed by atoms with Gasteiger partial charge in [-0.25, -0.2) is 0 Å². The number of hydrogen-bond donors (Lipinski definition) is 1. The van der Waals surface area contributed by atoms with Crippen molar-refractivity contribution in [1.82, 2.24) is 9.80 Å². The van der Waals surface area contributed by atoms with Gasteiger partial charge >= 0.3 is 5.97 Å². The maximum absolute atomic E-state index is 13.0. The van der Waals surface area contributed by atoms with Crippen LogP contribution in [0.25, 0.3) is 0 Å².